The summed E-state index contributed by atoms with van der Waals surface area (Å²) in [5, 5.41) is 3.08. The van der Waals surface area contributed by atoms with Crippen LogP contribution in [0.15, 0.2) is 4.99 Å². The van der Waals surface area contributed by atoms with Crippen molar-refractivity contribution in [2.24, 2.45) is 16.8 Å². The lowest BCUT2D eigenvalue weighted by atomic mass is 9.87. The number of nitrogens with one attached hydrogen (secondary N) is 2. The molecule has 1 rings (SSSR count). The standard InChI is InChI=1S/C11H24N4/c1-2-13-11(15-12)14-9-8-10-6-4-3-5-7-10/h10H,2-9,12H2,1H3,(H2,13,14,15). The molecule has 0 amide bonds. The summed E-state index contributed by atoms with van der Waals surface area (Å²) in [6.07, 6.45) is 8.22. The van der Waals surface area contributed by atoms with Crippen molar-refractivity contribution < 1.29 is 0 Å². The molecule has 4 heteroatoms. The van der Waals surface area contributed by atoms with E-state index in [1.54, 1.807) is 0 Å². The fourth-order valence-corrected chi connectivity index (χ4v) is 2.15. The van der Waals surface area contributed by atoms with Gasteiger partial charge in [-0.25, -0.2) is 5.84 Å². The largest absolute Gasteiger partial charge is 0.356 e. The van der Waals surface area contributed by atoms with Crippen LogP contribution in [0.25, 0.3) is 0 Å². The molecule has 0 radical (unpaired) electrons. The van der Waals surface area contributed by atoms with Crippen LogP contribution < -0.4 is 16.6 Å². The number of hydrogen-bond donors (Lipinski definition) is 3. The number of hydrogen-bond acceptors (Lipinski definition) is 2. The normalized spacial score (nSPS) is 18.9. The Morgan fingerprint density at radius 3 is 2.67 bits per heavy atom. The van der Waals surface area contributed by atoms with E-state index in [1.807, 2.05) is 6.92 Å². The molecule has 1 fully saturated rings. The van der Waals surface area contributed by atoms with Gasteiger partial charge in [-0.15, -0.1) is 0 Å². The first-order valence-corrected chi connectivity index (χ1v) is 6.11. The summed E-state index contributed by atoms with van der Waals surface area (Å²) in [4.78, 5) is 4.40. The van der Waals surface area contributed by atoms with E-state index in [1.165, 1.54) is 38.5 Å². The zero-order chi connectivity index (χ0) is 10.9. The highest BCUT2D eigenvalue weighted by Crippen LogP contribution is 2.25. The molecular weight excluding hydrogens is 188 g/mol. The van der Waals surface area contributed by atoms with Gasteiger partial charge >= 0.3 is 0 Å². The van der Waals surface area contributed by atoms with Crippen molar-refractivity contribution in [3.63, 3.8) is 0 Å². The summed E-state index contributed by atoms with van der Waals surface area (Å²) in [6, 6.07) is 0. The molecule has 0 spiro atoms. The van der Waals surface area contributed by atoms with E-state index in [4.69, 9.17) is 5.84 Å². The van der Waals surface area contributed by atoms with Crippen LogP contribution in [0.5, 0.6) is 0 Å². The van der Waals surface area contributed by atoms with Crippen LogP contribution in [0.2, 0.25) is 0 Å². The summed E-state index contributed by atoms with van der Waals surface area (Å²) in [5.41, 5.74) is 2.58. The van der Waals surface area contributed by atoms with Crippen molar-refractivity contribution in [3.05, 3.63) is 0 Å². The predicted molar refractivity (Wildman–Crippen MR) is 64.5 cm³/mol. The molecular formula is C11H24N4. The molecule has 1 aliphatic carbocycles. The molecule has 0 heterocycles. The van der Waals surface area contributed by atoms with Gasteiger partial charge in [0.25, 0.3) is 0 Å². The van der Waals surface area contributed by atoms with Crippen molar-refractivity contribution in [1.29, 1.82) is 0 Å². The summed E-state index contributed by atoms with van der Waals surface area (Å²) in [7, 11) is 0. The lowest BCUT2D eigenvalue weighted by Crippen LogP contribution is -2.41. The average molecular weight is 212 g/mol. The third-order valence-corrected chi connectivity index (χ3v) is 3.01. The van der Waals surface area contributed by atoms with Crippen molar-refractivity contribution in [2.45, 2.75) is 45.4 Å². The maximum absolute atomic E-state index is 5.33. The van der Waals surface area contributed by atoms with Gasteiger partial charge in [-0.1, -0.05) is 32.1 Å². The van der Waals surface area contributed by atoms with Gasteiger partial charge in [0.15, 0.2) is 0 Å². The number of nitrogens with two attached hydrogens (primary N) is 1. The Kier molecular flexibility index (Phi) is 6.16. The first-order chi connectivity index (χ1) is 7.36. The minimum absolute atomic E-state index is 0.716. The molecule has 0 aromatic heterocycles. The molecule has 0 aromatic rings. The quantitative estimate of drug-likeness (QED) is 0.285. The number of guanidine groups is 1. The van der Waals surface area contributed by atoms with Gasteiger partial charge in [0.2, 0.25) is 5.96 Å². The average Bonchev–Trinajstić information content (AvgIpc) is 2.29. The molecule has 4 nitrogen and oxygen atoms in total. The van der Waals surface area contributed by atoms with Crippen LogP contribution in [-0.2, 0) is 0 Å². The van der Waals surface area contributed by atoms with Gasteiger partial charge in [-0.2, -0.15) is 0 Å². The van der Waals surface area contributed by atoms with E-state index < -0.39 is 0 Å². The van der Waals surface area contributed by atoms with Crippen molar-refractivity contribution in [1.82, 2.24) is 10.7 Å². The molecule has 0 saturated heterocycles. The maximum atomic E-state index is 5.33. The Labute approximate surface area is 92.7 Å². The molecule has 0 unspecified atom stereocenters. The van der Waals surface area contributed by atoms with Gasteiger partial charge < -0.3 is 5.32 Å². The summed E-state index contributed by atoms with van der Waals surface area (Å²) in [6.45, 7) is 3.78. The molecule has 0 atom stereocenters. The monoisotopic (exact) mass is 212 g/mol. The van der Waals surface area contributed by atoms with Crippen LogP contribution in [0.4, 0.5) is 0 Å². The summed E-state index contributed by atoms with van der Waals surface area (Å²) < 4.78 is 0. The zero-order valence-corrected chi connectivity index (χ0v) is 9.76. The van der Waals surface area contributed by atoms with Crippen LogP contribution in [-0.4, -0.2) is 19.0 Å². The third kappa shape index (κ3) is 5.02. The van der Waals surface area contributed by atoms with E-state index in [-0.39, 0.29) is 0 Å². The molecule has 1 saturated carbocycles. The Hall–Kier alpha value is -0.770. The maximum Gasteiger partial charge on any atom is 0.205 e. The van der Waals surface area contributed by atoms with Gasteiger partial charge in [0.1, 0.15) is 0 Å². The minimum Gasteiger partial charge on any atom is -0.356 e. The molecule has 0 aromatic carbocycles. The molecule has 15 heavy (non-hydrogen) atoms. The summed E-state index contributed by atoms with van der Waals surface area (Å²) >= 11 is 0. The minimum atomic E-state index is 0.716. The molecule has 1 aliphatic rings. The van der Waals surface area contributed by atoms with Crippen LogP contribution in [0.3, 0.4) is 0 Å². The van der Waals surface area contributed by atoms with Crippen LogP contribution in [0, 0.1) is 5.92 Å². The van der Waals surface area contributed by atoms with E-state index in [2.05, 4.69) is 15.7 Å². The molecule has 4 N–H and O–H groups in total. The van der Waals surface area contributed by atoms with E-state index in [0.717, 1.165) is 19.0 Å². The Bertz CT molecular complexity index is 185. The van der Waals surface area contributed by atoms with E-state index in [9.17, 15) is 0 Å². The lowest BCUT2D eigenvalue weighted by molar-refractivity contribution is 0.343. The Balaban J connectivity index is 2.17. The second kappa shape index (κ2) is 7.51. The Morgan fingerprint density at radius 1 is 1.33 bits per heavy atom. The fourth-order valence-electron chi connectivity index (χ4n) is 2.15. The molecule has 88 valence electrons. The van der Waals surface area contributed by atoms with Crippen molar-refractivity contribution in [2.75, 3.05) is 13.1 Å². The first kappa shape index (κ1) is 12.3. The van der Waals surface area contributed by atoms with Crippen molar-refractivity contribution >= 4 is 5.96 Å². The van der Waals surface area contributed by atoms with Crippen molar-refractivity contribution in [3.8, 4) is 0 Å². The molecule has 0 aliphatic heterocycles. The van der Waals surface area contributed by atoms with Gasteiger partial charge in [0.05, 0.1) is 0 Å². The van der Waals surface area contributed by atoms with Crippen LogP contribution in [0.1, 0.15) is 45.4 Å². The number of hydrazine groups is 1. The van der Waals surface area contributed by atoms with Crippen LogP contribution >= 0.6 is 0 Å². The SMILES string of the molecule is CCNC(=NCCC1CCCCC1)NN. The Morgan fingerprint density at radius 2 is 2.07 bits per heavy atom. The van der Waals surface area contributed by atoms with E-state index >= 15 is 0 Å². The van der Waals surface area contributed by atoms with Gasteiger partial charge in [-0.05, 0) is 19.3 Å². The number of nitrogens with zero attached hydrogens (tertiary/aromatic N) is 1. The lowest BCUT2D eigenvalue weighted by Gasteiger charge is -2.20. The highest BCUT2D eigenvalue weighted by molar-refractivity contribution is 5.78. The highest BCUT2D eigenvalue weighted by atomic mass is 15.3. The molecule has 0 bridgehead atoms. The number of rotatable bonds is 4. The predicted octanol–water partition coefficient (Wildman–Crippen LogP) is 1.39. The highest BCUT2D eigenvalue weighted by Gasteiger charge is 2.12. The fraction of sp³-hybridized carbons (Fsp3) is 0.909. The second-order valence-corrected chi connectivity index (χ2v) is 4.20. The third-order valence-electron chi connectivity index (χ3n) is 3.01. The summed E-state index contributed by atoms with van der Waals surface area (Å²) in [5.74, 6) is 6.94. The topological polar surface area (TPSA) is 62.4 Å². The van der Waals surface area contributed by atoms with Gasteiger partial charge in [-0.3, -0.25) is 10.4 Å². The number of aliphatic imine (C=N–C) groups is 1. The van der Waals surface area contributed by atoms with E-state index in [0.29, 0.717) is 5.96 Å². The van der Waals surface area contributed by atoms with Gasteiger partial charge in [0, 0.05) is 13.1 Å². The zero-order valence-electron chi connectivity index (χ0n) is 9.76. The first-order valence-electron chi connectivity index (χ1n) is 6.11. The second-order valence-electron chi connectivity index (χ2n) is 4.20. The smallest absolute Gasteiger partial charge is 0.205 e.